The van der Waals surface area contributed by atoms with Crippen molar-refractivity contribution in [2.45, 2.75) is 232 Å². The van der Waals surface area contributed by atoms with E-state index in [1.807, 2.05) is 0 Å². The number of hydrogen-bond donors (Lipinski definition) is 0. The van der Waals surface area contributed by atoms with Crippen LogP contribution in [0.4, 0.5) is 0 Å². The van der Waals surface area contributed by atoms with Gasteiger partial charge in [0.2, 0.25) is 0 Å². The molecule has 6 heteroatoms. The zero-order valence-corrected chi connectivity index (χ0v) is 38.5. The molecule has 0 rings (SSSR count). The van der Waals surface area contributed by atoms with Crippen LogP contribution in [0.3, 0.4) is 0 Å². The molecule has 0 aromatic rings. The molecule has 59 heavy (non-hydrogen) atoms. The highest BCUT2D eigenvalue weighted by atomic mass is 16.6. The Morgan fingerprint density at radius 1 is 0.373 bits per heavy atom. The molecule has 0 heterocycles. The molecule has 0 amide bonds. The molecule has 6 nitrogen and oxygen atoms in total. The average Bonchev–Trinajstić information content (AvgIpc) is 3.23. The number of carbonyl (C=O) groups is 3. The summed E-state index contributed by atoms with van der Waals surface area (Å²) in [6.45, 7) is 6.39. The van der Waals surface area contributed by atoms with Gasteiger partial charge in [-0.1, -0.05) is 184 Å². The predicted octanol–water partition coefficient (Wildman–Crippen LogP) is 15.9. The number of allylic oxidation sites excluding steroid dienone is 12. The van der Waals surface area contributed by atoms with Crippen molar-refractivity contribution in [3.63, 3.8) is 0 Å². The van der Waals surface area contributed by atoms with E-state index in [2.05, 4.69) is 93.7 Å². The Kier molecular flexibility index (Phi) is 45.0. The van der Waals surface area contributed by atoms with Gasteiger partial charge in [0, 0.05) is 19.3 Å². The monoisotopic (exact) mass is 823 g/mol. The summed E-state index contributed by atoms with van der Waals surface area (Å²) >= 11 is 0. The van der Waals surface area contributed by atoms with Crippen molar-refractivity contribution in [1.29, 1.82) is 0 Å². The second-order valence-corrected chi connectivity index (χ2v) is 16.0. The van der Waals surface area contributed by atoms with Crippen LogP contribution in [0.15, 0.2) is 72.9 Å². The Balaban J connectivity index is 4.41. The molecule has 0 aromatic heterocycles. The van der Waals surface area contributed by atoms with E-state index in [1.54, 1.807) is 0 Å². The lowest BCUT2D eigenvalue weighted by molar-refractivity contribution is -0.167. The van der Waals surface area contributed by atoms with Crippen LogP contribution in [-0.2, 0) is 28.6 Å². The highest BCUT2D eigenvalue weighted by Crippen LogP contribution is 2.13. The number of esters is 3. The van der Waals surface area contributed by atoms with Crippen LogP contribution in [-0.4, -0.2) is 37.2 Å². The van der Waals surface area contributed by atoms with Crippen molar-refractivity contribution in [1.82, 2.24) is 0 Å². The number of hydrogen-bond acceptors (Lipinski definition) is 6. The maximum atomic E-state index is 12.7. The van der Waals surface area contributed by atoms with Gasteiger partial charge in [0.05, 0.1) is 0 Å². The molecule has 0 bridgehead atoms. The molecular formula is C53H90O6. The van der Waals surface area contributed by atoms with E-state index in [-0.39, 0.29) is 37.5 Å². The minimum Gasteiger partial charge on any atom is -0.462 e. The Morgan fingerprint density at radius 3 is 1.25 bits per heavy atom. The molecule has 0 saturated heterocycles. The van der Waals surface area contributed by atoms with Gasteiger partial charge < -0.3 is 14.2 Å². The molecular weight excluding hydrogens is 733 g/mol. The zero-order chi connectivity index (χ0) is 43.0. The second kappa shape index (κ2) is 47.5. The first kappa shape index (κ1) is 55.9. The van der Waals surface area contributed by atoms with Crippen molar-refractivity contribution >= 4 is 17.9 Å². The van der Waals surface area contributed by atoms with E-state index in [1.165, 1.54) is 89.9 Å². The maximum Gasteiger partial charge on any atom is 0.306 e. The Morgan fingerprint density at radius 2 is 0.729 bits per heavy atom. The molecule has 1 atom stereocenters. The molecule has 0 spiro atoms. The lowest BCUT2D eigenvalue weighted by atomic mass is 10.1. The van der Waals surface area contributed by atoms with Crippen molar-refractivity contribution in [2.75, 3.05) is 13.2 Å². The van der Waals surface area contributed by atoms with Crippen molar-refractivity contribution in [2.24, 2.45) is 0 Å². The molecule has 1 unspecified atom stereocenters. The summed E-state index contributed by atoms with van der Waals surface area (Å²) in [5, 5.41) is 0. The maximum absolute atomic E-state index is 12.7. The number of ether oxygens (including phenoxy) is 3. The van der Waals surface area contributed by atoms with Gasteiger partial charge in [-0.15, -0.1) is 0 Å². The van der Waals surface area contributed by atoms with E-state index in [0.717, 1.165) is 89.9 Å². The van der Waals surface area contributed by atoms with Gasteiger partial charge in [-0.05, 0) is 96.3 Å². The third-order valence-corrected chi connectivity index (χ3v) is 10.2. The largest absolute Gasteiger partial charge is 0.462 e. The van der Waals surface area contributed by atoms with Crippen LogP contribution in [0.25, 0.3) is 0 Å². The molecule has 338 valence electrons. The smallest absolute Gasteiger partial charge is 0.306 e. The number of rotatable bonds is 43. The summed E-state index contributed by atoms with van der Waals surface area (Å²) in [7, 11) is 0. The van der Waals surface area contributed by atoms with Crippen LogP contribution in [0.1, 0.15) is 226 Å². The number of carbonyl (C=O) groups excluding carboxylic acids is 3. The van der Waals surface area contributed by atoms with E-state index in [9.17, 15) is 14.4 Å². The third-order valence-electron chi connectivity index (χ3n) is 10.2. The third kappa shape index (κ3) is 45.8. The van der Waals surface area contributed by atoms with E-state index < -0.39 is 6.10 Å². The van der Waals surface area contributed by atoms with Gasteiger partial charge in [-0.3, -0.25) is 14.4 Å². The fourth-order valence-electron chi connectivity index (χ4n) is 6.49. The van der Waals surface area contributed by atoms with E-state index in [4.69, 9.17) is 14.2 Å². The molecule has 0 saturated carbocycles. The minimum atomic E-state index is -0.807. The summed E-state index contributed by atoms with van der Waals surface area (Å²) in [6, 6.07) is 0. The molecule has 0 radical (unpaired) electrons. The highest BCUT2D eigenvalue weighted by molar-refractivity contribution is 5.71. The van der Waals surface area contributed by atoms with Gasteiger partial charge in [0.15, 0.2) is 6.10 Å². The fourth-order valence-corrected chi connectivity index (χ4v) is 6.49. The first-order valence-electron chi connectivity index (χ1n) is 24.5. The molecule has 0 aliphatic heterocycles. The van der Waals surface area contributed by atoms with Crippen LogP contribution < -0.4 is 0 Å². The van der Waals surface area contributed by atoms with Gasteiger partial charge in [-0.25, -0.2) is 0 Å². The molecule has 0 aromatic carbocycles. The van der Waals surface area contributed by atoms with Crippen LogP contribution in [0, 0.1) is 0 Å². The van der Waals surface area contributed by atoms with Gasteiger partial charge >= 0.3 is 17.9 Å². The van der Waals surface area contributed by atoms with E-state index in [0.29, 0.717) is 19.3 Å². The molecule has 0 aliphatic carbocycles. The van der Waals surface area contributed by atoms with Crippen molar-refractivity contribution in [3.8, 4) is 0 Å². The Labute approximate surface area is 363 Å². The zero-order valence-electron chi connectivity index (χ0n) is 38.5. The summed E-state index contributed by atoms with van der Waals surface area (Å²) < 4.78 is 16.7. The molecule has 0 aliphatic rings. The van der Waals surface area contributed by atoms with Crippen LogP contribution >= 0.6 is 0 Å². The summed E-state index contributed by atoms with van der Waals surface area (Å²) in [5.41, 5.74) is 0. The minimum absolute atomic E-state index is 0.104. The van der Waals surface area contributed by atoms with Gasteiger partial charge in [-0.2, -0.15) is 0 Å². The fraction of sp³-hybridized carbons (Fsp3) is 0.717. The normalized spacial score (nSPS) is 12.7. The first-order valence-corrected chi connectivity index (χ1v) is 24.5. The standard InChI is InChI=1S/C53H90O6/c1-4-7-10-13-16-19-22-24-25-26-27-28-29-32-34-37-40-43-46-52(55)58-49-50(48-57-51(54)45-42-39-36-33-30-21-18-15-12-9-6-3)59-53(56)47-44-41-38-35-31-23-20-17-14-11-8-5-2/h8,11,15,17-18,20-21,27-28,30-31,35,50H,4-7,9-10,12-14,16,19,22-26,29,32-34,36-49H2,1-3H3/b11-8-,18-15-,20-17-,28-27-,30-21-,35-31-. The lowest BCUT2D eigenvalue weighted by Gasteiger charge is -2.18. The highest BCUT2D eigenvalue weighted by Gasteiger charge is 2.19. The second-order valence-electron chi connectivity index (χ2n) is 16.0. The molecule has 0 fully saturated rings. The Hall–Kier alpha value is -3.15. The van der Waals surface area contributed by atoms with Crippen molar-refractivity contribution < 1.29 is 28.6 Å². The van der Waals surface area contributed by atoms with Crippen LogP contribution in [0.5, 0.6) is 0 Å². The average molecular weight is 823 g/mol. The summed E-state index contributed by atoms with van der Waals surface area (Å²) in [5.74, 6) is -0.984. The van der Waals surface area contributed by atoms with Crippen molar-refractivity contribution in [3.05, 3.63) is 72.9 Å². The topological polar surface area (TPSA) is 78.9 Å². The summed E-state index contributed by atoms with van der Waals surface area (Å²) in [6.07, 6.45) is 59.0. The SMILES string of the molecule is CC/C=C\C/C=C\C/C=C\CCCCC(=O)OC(COC(=O)CCCCC/C=C\C=C/CCCC)COC(=O)CCCCCCC/C=C\CCCCCCCCCCC. The Bertz CT molecular complexity index is 1130. The summed E-state index contributed by atoms with van der Waals surface area (Å²) in [4.78, 5) is 37.8. The predicted molar refractivity (Wildman–Crippen MR) is 251 cm³/mol. The first-order chi connectivity index (χ1) is 29.0. The van der Waals surface area contributed by atoms with Crippen LogP contribution in [0.2, 0.25) is 0 Å². The van der Waals surface area contributed by atoms with Gasteiger partial charge in [0.25, 0.3) is 0 Å². The quantitative estimate of drug-likeness (QED) is 0.0200. The van der Waals surface area contributed by atoms with Gasteiger partial charge in [0.1, 0.15) is 13.2 Å². The van der Waals surface area contributed by atoms with E-state index >= 15 is 0 Å². The number of unbranched alkanes of at least 4 members (excludes halogenated alkanes) is 21. The lowest BCUT2D eigenvalue weighted by Crippen LogP contribution is -2.30. The molecule has 0 N–H and O–H groups in total.